The minimum absolute atomic E-state index is 0.192. The van der Waals surface area contributed by atoms with E-state index in [1.165, 1.54) is 0 Å². The highest BCUT2D eigenvalue weighted by Crippen LogP contribution is 2.22. The first-order chi connectivity index (χ1) is 12.1. The van der Waals surface area contributed by atoms with Gasteiger partial charge in [0, 0.05) is 18.8 Å². The summed E-state index contributed by atoms with van der Waals surface area (Å²) in [6.07, 6.45) is 3.64. The Morgan fingerprint density at radius 3 is 2.84 bits per heavy atom. The van der Waals surface area contributed by atoms with E-state index in [0.717, 1.165) is 49.2 Å². The number of amides is 2. The summed E-state index contributed by atoms with van der Waals surface area (Å²) >= 11 is 0. The number of nitrogens with zero attached hydrogens (tertiary/aromatic N) is 2. The van der Waals surface area contributed by atoms with E-state index in [1.54, 1.807) is 0 Å². The van der Waals surface area contributed by atoms with Crippen LogP contribution in [0.5, 0.6) is 0 Å². The fraction of sp³-hybridized carbons (Fsp3) is 0.421. The fourth-order valence-electron chi connectivity index (χ4n) is 3.13. The minimum atomic E-state index is -0.275. The van der Waals surface area contributed by atoms with E-state index in [9.17, 15) is 9.59 Å². The summed E-state index contributed by atoms with van der Waals surface area (Å²) < 4.78 is 1.90. The maximum atomic E-state index is 12.7. The zero-order valence-corrected chi connectivity index (χ0v) is 14.8. The molecule has 6 nitrogen and oxygen atoms in total. The van der Waals surface area contributed by atoms with Gasteiger partial charge in [0.15, 0.2) is 5.82 Å². The number of imidazole rings is 1. The van der Waals surface area contributed by atoms with Crippen LogP contribution in [0.1, 0.15) is 58.6 Å². The van der Waals surface area contributed by atoms with Crippen LogP contribution < -0.4 is 10.6 Å². The van der Waals surface area contributed by atoms with Gasteiger partial charge in [-0.15, -0.1) is 0 Å². The number of carbonyl (C=O) groups excluding carboxylic acids is 2. The summed E-state index contributed by atoms with van der Waals surface area (Å²) in [6, 6.07) is 7.63. The predicted octanol–water partition coefficient (Wildman–Crippen LogP) is 2.92. The molecule has 132 valence electrons. The molecule has 1 aromatic heterocycles. The molecule has 0 saturated carbocycles. The Labute approximate surface area is 147 Å². The molecule has 2 heterocycles. The Hall–Kier alpha value is -2.63. The van der Waals surface area contributed by atoms with Gasteiger partial charge in [0.2, 0.25) is 0 Å². The third-order valence-electron chi connectivity index (χ3n) is 4.35. The third kappa shape index (κ3) is 3.73. The van der Waals surface area contributed by atoms with E-state index in [4.69, 9.17) is 0 Å². The van der Waals surface area contributed by atoms with Gasteiger partial charge >= 0.3 is 0 Å². The average molecular weight is 340 g/mol. The SMILES string of the molecule is CCCNC(=O)c1nc(C(=O)Nc2cccc(C)c2)n2c1CCCC2. The minimum Gasteiger partial charge on any atom is -0.351 e. The fourth-order valence-corrected chi connectivity index (χ4v) is 3.13. The van der Waals surface area contributed by atoms with Crippen molar-refractivity contribution in [2.75, 3.05) is 11.9 Å². The number of nitrogens with one attached hydrogen (secondary N) is 2. The molecule has 6 heteroatoms. The number of fused-ring (bicyclic) bond motifs is 1. The Kier molecular flexibility index (Phi) is 5.16. The van der Waals surface area contributed by atoms with Crippen molar-refractivity contribution in [2.24, 2.45) is 0 Å². The number of rotatable bonds is 5. The van der Waals surface area contributed by atoms with Gasteiger partial charge in [0.1, 0.15) is 5.69 Å². The smallest absolute Gasteiger partial charge is 0.291 e. The Morgan fingerprint density at radius 1 is 1.24 bits per heavy atom. The zero-order valence-electron chi connectivity index (χ0n) is 14.8. The van der Waals surface area contributed by atoms with Gasteiger partial charge in [-0.25, -0.2) is 4.98 Å². The van der Waals surface area contributed by atoms with Gasteiger partial charge in [-0.05, 0) is 50.3 Å². The monoisotopic (exact) mass is 340 g/mol. The van der Waals surface area contributed by atoms with Crippen LogP contribution in [-0.2, 0) is 13.0 Å². The number of hydrogen-bond acceptors (Lipinski definition) is 3. The summed E-state index contributed by atoms with van der Waals surface area (Å²) in [5, 5.41) is 5.75. The maximum Gasteiger partial charge on any atom is 0.291 e. The standard InChI is InChI=1S/C19H24N4O2/c1-3-10-20-18(24)16-15-9-4-5-11-23(15)17(22-16)19(25)21-14-8-6-7-13(2)12-14/h6-8,12H,3-5,9-11H2,1-2H3,(H,20,24)(H,21,25). The van der Waals surface area contributed by atoms with E-state index in [-0.39, 0.29) is 11.8 Å². The van der Waals surface area contributed by atoms with Crippen LogP contribution in [0.15, 0.2) is 24.3 Å². The quantitative estimate of drug-likeness (QED) is 0.879. The van der Waals surface area contributed by atoms with Crippen molar-refractivity contribution < 1.29 is 9.59 Å². The lowest BCUT2D eigenvalue weighted by Crippen LogP contribution is -2.26. The Bertz CT molecular complexity index is 795. The molecule has 1 aliphatic heterocycles. The largest absolute Gasteiger partial charge is 0.351 e. The second kappa shape index (κ2) is 7.51. The van der Waals surface area contributed by atoms with Crippen molar-refractivity contribution in [1.29, 1.82) is 0 Å². The predicted molar refractivity (Wildman–Crippen MR) is 96.9 cm³/mol. The van der Waals surface area contributed by atoms with Crippen LogP contribution in [0.3, 0.4) is 0 Å². The highest BCUT2D eigenvalue weighted by Gasteiger charge is 2.27. The molecule has 0 saturated heterocycles. The van der Waals surface area contributed by atoms with E-state index in [2.05, 4.69) is 15.6 Å². The summed E-state index contributed by atoms with van der Waals surface area (Å²) in [5.41, 5.74) is 3.06. The molecule has 0 spiro atoms. The first kappa shape index (κ1) is 17.2. The number of anilines is 1. The third-order valence-corrected chi connectivity index (χ3v) is 4.35. The number of aromatic nitrogens is 2. The molecule has 0 atom stereocenters. The molecule has 0 radical (unpaired) electrons. The summed E-state index contributed by atoms with van der Waals surface area (Å²) in [5.74, 6) is -0.150. The van der Waals surface area contributed by atoms with Crippen molar-refractivity contribution in [3.63, 3.8) is 0 Å². The molecular formula is C19H24N4O2. The highest BCUT2D eigenvalue weighted by atomic mass is 16.2. The van der Waals surface area contributed by atoms with Crippen LogP contribution in [0, 0.1) is 6.92 Å². The maximum absolute atomic E-state index is 12.7. The van der Waals surface area contributed by atoms with Crippen LogP contribution in [0.4, 0.5) is 5.69 Å². The molecule has 3 rings (SSSR count). The number of carbonyl (C=O) groups is 2. The molecule has 2 amide bonds. The van der Waals surface area contributed by atoms with Crippen LogP contribution in [0.2, 0.25) is 0 Å². The van der Waals surface area contributed by atoms with Crippen LogP contribution >= 0.6 is 0 Å². The molecule has 1 aliphatic rings. The van der Waals surface area contributed by atoms with Gasteiger partial charge in [0.05, 0.1) is 5.69 Å². The zero-order chi connectivity index (χ0) is 17.8. The summed E-state index contributed by atoms with van der Waals surface area (Å²) in [7, 11) is 0. The second-order valence-corrected chi connectivity index (χ2v) is 6.42. The summed E-state index contributed by atoms with van der Waals surface area (Å²) in [6.45, 7) is 5.31. The van der Waals surface area contributed by atoms with Crippen molar-refractivity contribution in [3.8, 4) is 0 Å². The molecular weight excluding hydrogens is 316 g/mol. The molecule has 0 aliphatic carbocycles. The number of aryl methyl sites for hydroxylation is 1. The summed E-state index contributed by atoms with van der Waals surface area (Å²) in [4.78, 5) is 29.5. The first-order valence-corrected chi connectivity index (χ1v) is 8.85. The van der Waals surface area contributed by atoms with E-state index < -0.39 is 0 Å². The molecule has 0 unspecified atom stereocenters. The highest BCUT2D eigenvalue weighted by molar-refractivity contribution is 6.03. The average Bonchev–Trinajstić information content (AvgIpc) is 2.99. The molecule has 2 N–H and O–H groups in total. The van der Waals surface area contributed by atoms with Gasteiger partial charge in [0.25, 0.3) is 11.8 Å². The second-order valence-electron chi connectivity index (χ2n) is 6.42. The topological polar surface area (TPSA) is 76.0 Å². The van der Waals surface area contributed by atoms with E-state index in [0.29, 0.717) is 18.1 Å². The van der Waals surface area contributed by atoms with Crippen molar-refractivity contribution >= 4 is 17.5 Å². The Balaban J connectivity index is 1.89. The number of hydrogen-bond donors (Lipinski definition) is 2. The molecule has 2 aromatic rings. The lowest BCUT2D eigenvalue weighted by Gasteiger charge is -2.17. The van der Waals surface area contributed by atoms with Crippen molar-refractivity contribution in [2.45, 2.75) is 46.1 Å². The van der Waals surface area contributed by atoms with Gasteiger partial charge in [-0.2, -0.15) is 0 Å². The van der Waals surface area contributed by atoms with Crippen LogP contribution in [0.25, 0.3) is 0 Å². The molecule has 0 fully saturated rings. The normalized spacial score (nSPS) is 13.2. The Morgan fingerprint density at radius 2 is 2.08 bits per heavy atom. The molecule has 1 aromatic carbocycles. The number of benzene rings is 1. The van der Waals surface area contributed by atoms with E-state index in [1.807, 2.05) is 42.7 Å². The van der Waals surface area contributed by atoms with Gasteiger partial charge in [-0.3, -0.25) is 9.59 Å². The van der Waals surface area contributed by atoms with Crippen LogP contribution in [-0.4, -0.2) is 27.9 Å². The lowest BCUT2D eigenvalue weighted by molar-refractivity contribution is 0.0947. The van der Waals surface area contributed by atoms with Gasteiger partial charge < -0.3 is 15.2 Å². The van der Waals surface area contributed by atoms with E-state index >= 15 is 0 Å². The van der Waals surface area contributed by atoms with Gasteiger partial charge in [-0.1, -0.05) is 19.1 Å². The molecule has 25 heavy (non-hydrogen) atoms. The molecule has 0 bridgehead atoms. The first-order valence-electron chi connectivity index (χ1n) is 8.85. The van der Waals surface area contributed by atoms with Crippen molar-refractivity contribution in [3.05, 3.63) is 47.0 Å². The van der Waals surface area contributed by atoms with Crippen molar-refractivity contribution in [1.82, 2.24) is 14.9 Å². The lowest BCUT2D eigenvalue weighted by atomic mass is 10.1.